The average Bonchev–Trinajstić information content (AvgIpc) is 2.14. The second-order valence-corrected chi connectivity index (χ2v) is 3.81. The fraction of sp³-hybridized carbons (Fsp3) is 0.455. The first-order valence-electron chi connectivity index (χ1n) is 5.02. The molecular formula is C11H13F4NO. The molecule has 1 aromatic carbocycles. The van der Waals surface area contributed by atoms with Gasteiger partial charge >= 0.3 is 6.18 Å². The summed E-state index contributed by atoms with van der Waals surface area (Å²) < 4.78 is 53.8. The number of hydrogen-bond acceptors (Lipinski definition) is 2. The van der Waals surface area contributed by atoms with Crippen molar-refractivity contribution in [3.63, 3.8) is 0 Å². The molecule has 2 nitrogen and oxygen atoms in total. The predicted octanol–water partition coefficient (Wildman–Crippen LogP) is 2.66. The number of benzene rings is 1. The van der Waals surface area contributed by atoms with Gasteiger partial charge in [0.15, 0.2) is 18.2 Å². The average molecular weight is 251 g/mol. The molecule has 96 valence electrons. The van der Waals surface area contributed by atoms with E-state index in [2.05, 4.69) is 4.74 Å². The van der Waals surface area contributed by atoms with Crippen LogP contribution in [0.4, 0.5) is 17.6 Å². The summed E-state index contributed by atoms with van der Waals surface area (Å²) in [7, 11) is 0. The van der Waals surface area contributed by atoms with E-state index < -0.39 is 18.6 Å². The minimum Gasteiger partial charge on any atom is -0.481 e. The van der Waals surface area contributed by atoms with Gasteiger partial charge in [0, 0.05) is 6.04 Å². The molecule has 0 saturated heterocycles. The Bertz CT molecular complexity index is 376. The van der Waals surface area contributed by atoms with Crippen molar-refractivity contribution in [2.24, 2.45) is 5.73 Å². The Kier molecular flexibility index (Phi) is 4.34. The van der Waals surface area contributed by atoms with Crippen LogP contribution < -0.4 is 10.5 Å². The van der Waals surface area contributed by atoms with E-state index in [1.165, 1.54) is 12.1 Å². The van der Waals surface area contributed by atoms with E-state index in [0.29, 0.717) is 5.56 Å². The van der Waals surface area contributed by atoms with Gasteiger partial charge in [0.25, 0.3) is 0 Å². The third kappa shape index (κ3) is 4.60. The largest absolute Gasteiger partial charge is 0.481 e. The molecule has 17 heavy (non-hydrogen) atoms. The molecule has 0 amide bonds. The maximum absolute atomic E-state index is 13.3. The minimum atomic E-state index is -4.49. The molecule has 0 fully saturated rings. The van der Waals surface area contributed by atoms with Crippen molar-refractivity contribution in [1.29, 1.82) is 0 Å². The molecule has 1 rings (SSSR count). The zero-order chi connectivity index (χ0) is 13.1. The normalized spacial score (nSPS) is 13.5. The molecule has 0 aliphatic carbocycles. The highest BCUT2D eigenvalue weighted by Gasteiger charge is 2.29. The molecule has 0 aliphatic rings. The van der Waals surface area contributed by atoms with Gasteiger partial charge in [0.1, 0.15) is 0 Å². The highest BCUT2D eigenvalue weighted by molar-refractivity contribution is 5.35. The Labute approximate surface area is 96.4 Å². The molecule has 0 spiro atoms. The fourth-order valence-electron chi connectivity index (χ4n) is 1.38. The van der Waals surface area contributed by atoms with Gasteiger partial charge in [-0.25, -0.2) is 4.39 Å². The van der Waals surface area contributed by atoms with Crippen LogP contribution in [0.5, 0.6) is 5.75 Å². The first kappa shape index (κ1) is 13.8. The molecule has 0 aliphatic heterocycles. The Morgan fingerprint density at radius 1 is 1.35 bits per heavy atom. The number of alkyl halides is 3. The summed E-state index contributed by atoms with van der Waals surface area (Å²) in [6, 6.07) is 3.67. The standard InChI is InChI=1S/C11H13F4NO/c1-7(16)5-8-3-2-4-9(12)10(8)17-6-11(13,14)15/h2-4,7H,5-6,16H2,1H3. The van der Waals surface area contributed by atoms with Crippen molar-refractivity contribution in [3.8, 4) is 5.75 Å². The Morgan fingerprint density at radius 2 is 2.00 bits per heavy atom. The van der Waals surface area contributed by atoms with Crippen molar-refractivity contribution in [2.45, 2.75) is 25.6 Å². The molecule has 1 aromatic rings. The Hall–Kier alpha value is -1.30. The number of para-hydroxylation sites is 1. The lowest BCUT2D eigenvalue weighted by atomic mass is 10.1. The van der Waals surface area contributed by atoms with E-state index >= 15 is 0 Å². The molecular weight excluding hydrogens is 238 g/mol. The van der Waals surface area contributed by atoms with Gasteiger partial charge in [-0.15, -0.1) is 0 Å². The predicted molar refractivity (Wildman–Crippen MR) is 55.3 cm³/mol. The summed E-state index contributed by atoms with van der Waals surface area (Å²) in [5.74, 6) is -1.19. The summed E-state index contributed by atoms with van der Waals surface area (Å²) in [6.07, 6.45) is -4.24. The van der Waals surface area contributed by atoms with Gasteiger partial charge in [0.05, 0.1) is 0 Å². The SMILES string of the molecule is CC(N)Cc1cccc(F)c1OCC(F)(F)F. The fourth-order valence-corrected chi connectivity index (χ4v) is 1.38. The molecule has 1 atom stereocenters. The van der Waals surface area contributed by atoms with Gasteiger partial charge in [-0.3, -0.25) is 0 Å². The third-order valence-corrected chi connectivity index (χ3v) is 1.97. The second-order valence-electron chi connectivity index (χ2n) is 3.81. The Morgan fingerprint density at radius 3 is 2.53 bits per heavy atom. The number of hydrogen-bond donors (Lipinski definition) is 1. The Balaban J connectivity index is 2.88. The van der Waals surface area contributed by atoms with Gasteiger partial charge in [-0.05, 0) is 25.0 Å². The maximum Gasteiger partial charge on any atom is 0.422 e. The van der Waals surface area contributed by atoms with E-state index in [-0.39, 0.29) is 18.2 Å². The van der Waals surface area contributed by atoms with Crippen LogP contribution in [-0.4, -0.2) is 18.8 Å². The summed E-state index contributed by atoms with van der Waals surface area (Å²) >= 11 is 0. The first-order valence-corrected chi connectivity index (χ1v) is 5.02. The molecule has 0 radical (unpaired) electrons. The monoisotopic (exact) mass is 251 g/mol. The molecule has 0 saturated carbocycles. The van der Waals surface area contributed by atoms with Crippen molar-refractivity contribution < 1.29 is 22.3 Å². The summed E-state index contributed by atoms with van der Waals surface area (Å²) in [5, 5.41) is 0. The maximum atomic E-state index is 13.3. The minimum absolute atomic E-state index is 0.255. The summed E-state index contributed by atoms with van der Waals surface area (Å²) in [5.41, 5.74) is 5.86. The zero-order valence-electron chi connectivity index (χ0n) is 9.22. The van der Waals surface area contributed by atoms with Crippen molar-refractivity contribution in [1.82, 2.24) is 0 Å². The van der Waals surface area contributed by atoms with Gasteiger partial charge in [-0.2, -0.15) is 13.2 Å². The van der Waals surface area contributed by atoms with Crippen LogP contribution in [0.25, 0.3) is 0 Å². The van der Waals surface area contributed by atoms with E-state index in [1.54, 1.807) is 6.92 Å². The molecule has 0 heterocycles. The van der Waals surface area contributed by atoms with Crippen LogP contribution in [0.1, 0.15) is 12.5 Å². The molecule has 0 bridgehead atoms. The molecule has 1 unspecified atom stereocenters. The number of ether oxygens (including phenoxy) is 1. The lowest BCUT2D eigenvalue weighted by Gasteiger charge is -2.14. The van der Waals surface area contributed by atoms with Crippen LogP contribution in [0.3, 0.4) is 0 Å². The van der Waals surface area contributed by atoms with Crippen LogP contribution in [-0.2, 0) is 6.42 Å². The van der Waals surface area contributed by atoms with Crippen LogP contribution in [0.2, 0.25) is 0 Å². The number of halogens is 4. The number of rotatable bonds is 4. The van der Waals surface area contributed by atoms with E-state index in [9.17, 15) is 17.6 Å². The van der Waals surface area contributed by atoms with Crippen LogP contribution in [0, 0.1) is 5.82 Å². The lowest BCUT2D eigenvalue weighted by molar-refractivity contribution is -0.153. The smallest absolute Gasteiger partial charge is 0.422 e. The van der Waals surface area contributed by atoms with E-state index in [4.69, 9.17) is 5.73 Å². The molecule has 2 N–H and O–H groups in total. The molecule has 6 heteroatoms. The third-order valence-electron chi connectivity index (χ3n) is 1.97. The summed E-state index contributed by atoms with van der Waals surface area (Å²) in [6.45, 7) is 0.165. The first-order chi connectivity index (χ1) is 7.79. The van der Waals surface area contributed by atoms with Crippen LogP contribution >= 0.6 is 0 Å². The van der Waals surface area contributed by atoms with Gasteiger partial charge < -0.3 is 10.5 Å². The summed E-state index contributed by atoms with van der Waals surface area (Å²) in [4.78, 5) is 0. The van der Waals surface area contributed by atoms with Crippen molar-refractivity contribution in [2.75, 3.05) is 6.61 Å². The highest BCUT2D eigenvalue weighted by Crippen LogP contribution is 2.26. The van der Waals surface area contributed by atoms with Gasteiger partial charge in [-0.1, -0.05) is 12.1 Å². The lowest BCUT2D eigenvalue weighted by Crippen LogP contribution is -2.22. The highest BCUT2D eigenvalue weighted by atomic mass is 19.4. The van der Waals surface area contributed by atoms with Crippen molar-refractivity contribution >= 4 is 0 Å². The zero-order valence-corrected chi connectivity index (χ0v) is 9.22. The van der Waals surface area contributed by atoms with Crippen molar-refractivity contribution in [3.05, 3.63) is 29.6 Å². The topological polar surface area (TPSA) is 35.2 Å². The van der Waals surface area contributed by atoms with E-state index in [1.807, 2.05) is 0 Å². The van der Waals surface area contributed by atoms with E-state index in [0.717, 1.165) is 6.07 Å². The quantitative estimate of drug-likeness (QED) is 0.835. The second kappa shape index (κ2) is 5.35. The molecule has 0 aromatic heterocycles. The van der Waals surface area contributed by atoms with Gasteiger partial charge in [0.2, 0.25) is 0 Å². The number of nitrogens with two attached hydrogens (primary N) is 1. The van der Waals surface area contributed by atoms with Crippen LogP contribution in [0.15, 0.2) is 18.2 Å².